The van der Waals surface area contributed by atoms with Gasteiger partial charge in [0.15, 0.2) is 0 Å². The second kappa shape index (κ2) is 6.68. The van der Waals surface area contributed by atoms with E-state index in [2.05, 4.69) is 0 Å². The molecule has 1 fully saturated rings. The molecule has 1 aromatic carbocycles. The van der Waals surface area contributed by atoms with Crippen LogP contribution in [0.2, 0.25) is 5.02 Å². The van der Waals surface area contributed by atoms with E-state index in [4.69, 9.17) is 22.1 Å². The highest BCUT2D eigenvalue weighted by Crippen LogP contribution is 2.49. The molecule has 1 aromatic heterocycles. The summed E-state index contributed by atoms with van der Waals surface area (Å²) in [5, 5.41) is 0.743. The fourth-order valence-electron chi connectivity index (χ4n) is 3.75. The minimum absolute atomic E-state index is 0.0343. The molecule has 9 heteroatoms. The molecule has 0 aliphatic carbocycles. The Bertz CT molecular complexity index is 1030. The number of aromatic nitrogens is 1. The lowest BCUT2D eigenvalue weighted by Crippen LogP contribution is -2.30. The van der Waals surface area contributed by atoms with Crippen molar-refractivity contribution in [1.82, 2.24) is 4.57 Å². The van der Waals surface area contributed by atoms with Crippen molar-refractivity contribution in [3.63, 3.8) is 0 Å². The Hall–Kier alpha value is -1.77. The molecule has 2 aliphatic heterocycles. The number of thioether (sulfide) groups is 1. The lowest BCUT2D eigenvalue weighted by molar-refractivity contribution is 0.0518. The van der Waals surface area contributed by atoms with Crippen molar-refractivity contribution >= 4 is 45.9 Å². The summed E-state index contributed by atoms with van der Waals surface area (Å²) in [5.41, 5.74) is 6.05. The van der Waals surface area contributed by atoms with Crippen LogP contribution in [0.1, 0.15) is 36.0 Å². The SMILES string of the molecule is CCOC(=O)c1c2n(c3c(Cl)c(N4CC[C@H](N)C4)c(F)cc3c1=O)C(C)S2. The lowest BCUT2D eigenvalue weighted by atomic mass is 10.1. The predicted octanol–water partition coefficient (Wildman–Crippen LogP) is 3.13. The average Bonchev–Trinajstić information content (AvgIpc) is 3.02. The zero-order chi connectivity index (χ0) is 19.5. The van der Waals surface area contributed by atoms with E-state index in [1.807, 2.05) is 16.4 Å². The number of rotatable bonds is 3. The molecule has 4 rings (SSSR count). The van der Waals surface area contributed by atoms with E-state index in [9.17, 15) is 14.0 Å². The van der Waals surface area contributed by atoms with Gasteiger partial charge < -0.3 is 19.9 Å². The van der Waals surface area contributed by atoms with E-state index >= 15 is 0 Å². The van der Waals surface area contributed by atoms with Gasteiger partial charge in [-0.2, -0.15) is 0 Å². The van der Waals surface area contributed by atoms with Gasteiger partial charge in [0.25, 0.3) is 0 Å². The highest BCUT2D eigenvalue weighted by Gasteiger charge is 2.36. The Kier molecular flexibility index (Phi) is 4.60. The number of benzene rings is 1. The summed E-state index contributed by atoms with van der Waals surface area (Å²) in [6.07, 6.45) is 0.750. The summed E-state index contributed by atoms with van der Waals surface area (Å²) in [4.78, 5) is 27.1. The van der Waals surface area contributed by atoms with Crippen LogP contribution in [0.15, 0.2) is 15.9 Å². The van der Waals surface area contributed by atoms with Crippen LogP contribution in [0.25, 0.3) is 10.9 Å². The molecule has 1 unspecified atom stereocenters. The van der Waals surface area contributed by atoms with Crippen LogP contribution < -0.4 is 16.1 Å². The van der Waals surface area contributed by atoms with E-state index < -0.39 is 17.2 Å². The van der Waals surface area contributed by atoms with Crippen molar-refractivity contribution in [3.05, 3.63) is 32.7 Å². The van der Waals surface area contributed by atoms with Crippen molar-refractivity contribution in [3.8, 4) is 0 Å². The van der Waals surface area contributed by atoms with E-state index in [0.29, 0.717) is 23.6 Å². The number of nitrogens with zero attached hydrogens (tertiary/aromatic N) is 2. The fraction of sp³-hybridized carbons (Fsp3) is 0.444. The number of hydrogen-bond donors (Lipinski definition) is 1. The van der Waals surface area contributed by atoms with Crippen molar-refractivity contribution < 1.29 is 13.9 Å². The maximum atomic E-state index is 14.9. The Morgan fingerprint density at radius 3 is 2.85 bits per heavy atom. The normalized spacial score (nSPS) is 21.3. The third-order valence-corrected chi connectivity index (χ3v) is 6.51. The summed E-state index contributed by atoms with van der Waals surface area (Å²) in [6.45, 7) is 4.86. The number of pyridine rings is 1. The molecule has 0 spiro atoms. The van der Waals surface area contributed by atoms with Gasteiger partial charge in [0.2, 0.25) is 5.43 Å². The van der Waals surface area contributed by atoms with Gasteiger partial charge in [0.05, 0.1) is 38.6 Å². The number of hydrogen-bond acceptors (Lipinski definition) is 6. The Morgan fingerprint density at radius 1 is 1.52 bits per heavy atom. The third-order valence-electron chi connectivity index (χ3n) is 4.98. The van der Waals surface area contributed by atoms with Gasteiger partial charge in [-0.15, -0.1) is 0 Å². The van der Waals surface area contributed by atoms with E-state index in [1.165, 1.54) is 17.8 Å². The minimum Gasteiger partial charge on any atom is -0.462 e. The second-order valence-electron chi connectivity index (χ2n) is 6.73. The average molecular weight is 412 g/mol. The second-order valence-corrected chi connectivity index (χ2v) is 8.41. The number of esters is 1. The number of fused-ring (bicyclic) bond motifs is 3. The summed E-state index contributed by atoms with van der Waals surface area (Å²) >= 11 is 8.00. The molecule has 6 nitrogen and oxygen atoms in total. The molecule has 3 heterocycles. The Balaban J connectivity index is 2.01. The predicted molar refractivity (Wildman–Crippen MR) is 105 cm³/mol. The number of nitrogens with two attached hydrogens (primary N) is 1. The van der Waals surface area contributed by atoms with Gasteiger partial charge in [0.1, 0.15) is 11.4 Å². The van der Waals surface area contributed by atoms with Crippen LogP contribution in [0, 0.1) is 5.82 Å². The number of carbonyl (C=O) groups excluding carboxylic acids is 1. The van der Waals surface area contributed by atoms with E-state index in [1.54, 1.807) is 6.92 Å². The first-order valence-corrected chi connectivity index (χ1v) is 10.0. The van der Waals surface area contributed by atoms with Crippen LogP contribution in [-0.2, 0) is 4.74 Å². The minimum atomic E-state index is -0.696. The molecule has 2 aliphatic rings. The van der Waals surface area contributed by atoms with Gasteiger partial charge in [-0.3, -0.25) is 4.79 Å². The lowest BCUT2D eigenvalue weighted by Gasteiger charge is -2.34. The first-order chi connectivity index (χ1) is 12.8. The summed E-state index contributed by atoms with van der Waals surface area (Å²) in [5.74, 6) is -1.28. The van der Waals surface area contributed by atoms with Gasteiger partial charge in [-0.05, 0) is 26.3 Å². The van der Waals surface area contributed by atoms with E-state index in [-0.39, 0.29) is 39.7 Å². The van der Waals surface area contributed by atoms with Crippen molar-refractivity contribution in [2.45, 2.75) is 36.7 Å². The zero-order valence-electron chi connectivity index (χ0n) is 14.9. The van der Waals surface area contributed by atoms with E-state index in [0.717, 1.165) is 6.42 Å². The van der Waals surface area contributed by atoms with Crippen molar-refractivity contribution in [1.29, 1.82) is 0 Å². The smallest absolute Gasteiger partial charge is 0.344 e. The molecule has 0 amide bonds. The first kappa shape index (κ1) is 18.6. The number of anilines is 1. The van der Waals surface area contributed by atoms with Gasteiger partial charge >= 0.3 is 5.97 Å². The van der Waals surface area contributed by atoms with Crippen LogP contribution in [0.3, 0.4) is 0 Å². The number of ether oxygens (including phenoxy) is 1. The maximum absolute atomic E-state index is 14.9. The molecule has 2 atom stereocenters. The quantitative estimate of drug-likeness (QED) is 0.782. The largest absolute Gasteiger partial charge is 0.462 e. The van der Waals surface area contributed by atoms with Gasteiger partial charge in [-0.1, -0.05) is 23.4 Å². The maximum Gasteiger partial charge on any atom is 0.344 e. The molecule has 2 aromatic rings. The highest BCUT2D eigenvalue weighted by atomic mass is 35.5. The van der Waals surface area contributed by atoms with Crippen LogP contribution in [0.5, 0.6) is 0 Å². The van der Waals surface area contributed by atoms with Crippen LogP contribution in [-0.4, -0.2) is 36.3 Å². The van der Waals surface area contributed by atoms with Crippen LogP contribution >= 0.6 is 23.4 Å². The number of carbonyl (C=O) groups is 1. The molecule has 0 saturated carbocycles. The first-order valence-electron chi connectivity index (χ1n) is 8.79. The monoisotopic (exact) mass is 411 g/mol. The highest BCUT2D eigenvalue weighted by molar-refractivity contribution is 8.00. The molecule has 2 N–H and O–H groups in total. The Morgan fingerprint density at radius 2 is 2.26 bits per heavy atom. The summed E-state index contributed by atoms with van der Waals surface area (Å²) in [6, 6.07) is 1.14. The van der Waals surface area contributed by atoms with Crippen LogP contribution in [0.4, 0.5) is 10.1 Å². The molecule has 0 radical (unpaired) electrons. The summed E-state index contributed by atoms with van der Waals surface area (Å²) in [7, 11) is 0. The standard InChI is InChI=1S/C18H19ClFN3O3S/c1-3-26-18(25)12-16(24)10-6-11(20)15(22-5-4-9(21)7-22)13(19)14(10)23-8(2)27-17(12)23/h6,8-9H,3-5,7,21H2,1-2H3/t8?,9-/m0/s1. The molecule has 0 bridgehead atoms. The van der Waals surface area contributed by atoms with Gasteiger partial charge in [-0.25, -0.2) is 9.18 Å². The Labute approximate surface area is 164 Å². The molecule has 27 heavy (non-hydrogen) atoms. The van der Waals surface area contributed by atoms with Crippen molar-refractivity contribution in [2.75, 3.05) is 24.6 Å². The molecule has 144 valence electrons. The molecule has 1 saturated heterocycles. The van der Waals surface area contributed by atoms with Crippen molar-refractivity contribution in [2.24, 2.45) is 5.73 Å². The third kappa shape index (κ3) is 2.73. The molecular weight excluding hydrogens is 393 g/mol. The zero-order valence-corrected chi connectivity index (χ0v) is 16.5. The fourth-order valence-corrected chi connectivity index (χ4v) is 5.29. The summed E-state index contributed by atoms with van der Waals surface area (Å²) < 4.78 is 21.8. The number of halogens is 2. The van der Waals surface area contributed by atoms with Gasteiger partial charge in [0, 0.05) is 19.1 Å². The topological polar surface area (TPSA) is 77.6 Å². The molecular formula is C18H19ClFN3O3S.